The summed E-state index contributed by atoms with van der Waals surface area (Å²) in [5, 5.41) is 0.0148. The summed E-state index contributed by atoms with van der Waals surface area (Å²) in [4.78, 5) is 16.7. The molecule has 2 aromatic heterocycles. The van der Waals surface area contributed by atoms with E-state index in [2.05, 4.69) is 9.97 Å². The zero-order valence-corrected chi connectivity index (χ0v) is 12.0. The van der Waals surface area contributed by atoms with Crippen LogP contribution in [0.5, 0.6) is 0 Å². The quantitative estimate of drug-likeness (QED) is 0.697. The van der Waals surface area contributed by atoms with Crippen molar-refractivity contribution in [3.05, 3.63) is 62.4 Å². The van der Waals surface area contributed by atoms with E-state index in [4.69, 9.17) is 28.2 Å². The van der Waals surface area contributed by atoms with Crippen LogP contribution in [0.4, 0.5) is 4.39 Å². The van der Waals surface area contributed by atoms with Crippen molar-refractivity contribution in [3.63, 3.8) is 0 Å². The van der Waals surface area contributed by atoms with E-state index in [1.807, 2.05) is 0 Å². The minimum atomic E-state index is -0.495. The lowest BCUT2D eigenvalue weighted by Crippen LogP contribution is -2.05. The predicted octanol–water partition coefficient (Wildman–Crippen LogP) is 4.15. The molecule has 2 heterocycles. The number of aromatic nitrogens is 2. The molecule has 0 atom stereocenters. The molecule has 0 radical (unpaired) electrons. The zero-order valence-electron chi connectivity index (χ0n) is 10.4. The van der Waals surface area contributed by atoms with Crippen LogP contribution in [0, 0.1) is 10.6 Å². The van der Waals surface area contributed by atoms with Crippen LogP contribution in [0.1, 0.15) is 0 Å². The molecular formula is C14H8ClFN2O2S. The third-order valence-corrected chi connectivity index (χ3v) is 3.33. The summed E-state index contributed by atoms with van der Waals surface area (Å²) in [5.74, 6) is 0.458. The first-order valence-corrected chi connectivity index (χ1v) is 6.71. The molecule has 3 rings (SSSR count). The lowest BCUT2D eigenvalue weighted by atomic mass is 10.2. The van der Waals surface area contributed by atoms with E-state index in [9.17, 15) is 9.18 Å². The maximum Gasteiger partial charge on any atom is 0.252 e. The van der Waals surface area contributed by atoms with Crippen molar-refractivity contribution in [2.24, 2.45) is 0 Å². The number of halogens is 2. The second-order valence-corrected chi connectivity index (χ2v) is 5.11. The van der Waals surface area contributed by atoms with Crippen LogP contribution in [0.3, 0.4) is 0 Å². The van der Waals surface area contributed by atoms with Gasteiger partial charge in [-0.15, -0.1) is 0 Å². The van der Waals surface area contributed by atoms with Gasteiger partial charge >= 0.3 is 0 Å². The Labute approximate surface area is 128 Å². The molecule has 0 aliphatic rings. The van der Waals surface area contributed by atoms with E-state index in [0.717, 1.165) is 0 Å². The van der Waals surface area contributed by atoms with Crippen molar-refractivity contribution in [1.29, 1.82) is 0 Å². The Balaban J connectivity index is 2.05. The van der Waals surface area contributed by atoms with Gasteiger partial charge < -0.3 is 9.40 Å². The topological polar surface area (TPSA) is 61.8 Å². The minimum absolute atomic E-state index is 0.0148. The average molecular weight is 323 g/mol. The van der Waals surface area contributed by atoms with Crippen LogP contribution in [-0.2, 0) is 0 Å². The van der Waals surface area contributed by atoms with Gasteiger partial charge in [-0.05, 0) is 42.5 Å². The van der Waals surface area contributed by atoms with Gasteiger partial charge in [-0.3, -0.25) is 9.78 Å². The number of H-pyrrole nitrogens is 2. The van der Waals surface area contributed by atoms with Crippen LogP contribution in [-0.4, -0.2) is 9.97 Å². The van der Waals surface area contributed by atoms with E-state index < -0.39 is 5.82 Å². The van der Waals surface area contributed by atoms with Crippen LogP contribution >= 0.6 is 23.8 Å². The molecule has 1 aromatic carbocycles. The van der Waals surface area contributed by atoms with Gasteiger partial charge in [-0.2, -0.15) is 0 Å². The summed E-state index contributed by atoms with van der Waals surface area (Å²) in [7, 11) is 0. The van der Waals surface area contributed by atoms with Crippen LogP contribution in [0.2, 0.25) is 5.02 Å². The van der Waals surface area contributed by atoms with Gasteiger partial charge in [0.05, 0.1) is 10.7 Å². The van der Waals surface area contributed by atoms with Crippen LogP contribution < -0.4 is 5.56 Å². The fraction of sp³-hybridized carbons (Fsp3) is 0. The molecule has 0 saturated heterocycles. The zero-order chi connectivity index (χ0) is 15.0. The van der Waals surface area contributed by atoms with Crippen molar-refractivity contribution >= 4 is 23.8 Å². The lowest BCUT2D eigenvalue weighted by Gasteiger charge is -2.00. The molecule has 0 bridgehead atoms. The summed E-state index contributed by atoms with van der Waals surface area (Å²) in [5.41, 5.74) is 0.774. The predicted molar refractivity (Wildman–Crippen MR) is 80.4 cm³/mol. The second kappa shape index (κ2) is 5.31. The lowest BCUT2D eigenvalue weighted by molar-refractivity contribution is 0.593. The summed E-state index contributed by atoms with van der Waals surface area (Å²) in [6.45, 7) is 0. The highest BCUT2D eigenvalue weighted by atomic mass is 35.5. The smallest absolute Gasteiger partial charge is 0.252 e. The van der Waals surface area contributed by atoms with Gasteiger partial charge in [0.1, 0.15) is 11.6 Å². The Bertz CT molecular complexity index is 901. The molecule has 7 heteroatoms. The first-order chi connectivity index (χ1) is 10.0. The number of benzene rings is 1. The van der Waals surface area contributed by atoms with Crippen LogP contribution in [0.25, 0.3) is 22.8 Å². The van der Waals surface area contributed by atoms with Gasteiger partial charge in [0, 0.05) is 11.6 Å². The third-order valence-electron chi connectivity index (χ3n) is 2.84. The average Bonchev–Trinajstić information content (AvgIpc) is 2.90. The maximum absolute atomic E-state index is 13.2. The number of rotatable bonds is 2. The number of nitrogens with one attached hydrogen (secondary N) is 2. The van der Waals surface area contributed by atoms with Crippen molar-refractivity contribution in [2.45, 2.75) is 0 Å². The monoisotopic (exact) mass is 322 g/mol. The Kier molecular flexibility index (Phi) is 3.48. The van der Waals surface area contributed by atoms with Gasteiger partial charge in [-0.1, -0.05) is 11.6 Å². The van der Waals surface area contributed by atoms with E-state index in [1.54, 1.807) is 18.2 Å². The van der Waals surface area contributed by atoms with Gasteiger partial charge in [0.2, 0.25) is 0 Å². The van der Waals surface area contributed by atoms with Crippen molar-refractivity contribution in [3.8, 4) is 22.8 Å². The fourth-order valence-electron chi connectivity index (χ4n) is 1.89. The second-order valence-electron chi connectivity index (χ2n) is 4.29. The van der Waals surface area contributed by atoms with Crippen molar-refractivity contribution in [2.75, 3.05) is 0 Å². The maximum atomic E-state index is 13.2. The Morgan fingerprint density at radius 2 is 1.86 bits per heavy atom. The molecule has 0 spiro atoms. The number of hydrogen-bond donors (Lipinski definition) is 2. The number of furan rings is 1. The summed E-state index contributed by atoms with van der Waals surface area (Å²) >= 11 is 10.7. The summed E-state index contributed by atoms with van der Waals surface area (Å²) in [6, 6.07) is 9.03. The van der Waals surface area contributed by atoms with Crippen molar-refractivity contribution < 1.29 is 8.81 Å². The molecule has 106 valence electrons. The molecule has 21 heavy (non-hydrogen) atoms. The molecule has 3 aromatic rings. The van der Waals surface area contributed by atoms with Gasteiger partial charge in [0.15, 0.2) is 10.5 Å². The molecule has 4 nitrogen and oxygen atoms in total. The first kappa shape index (κ1) is 13.8. The van der Waals surface area contributed by atoms with Gasteiger partial charge in [-0.25, -0.2) is 4.39 Å². The summed E-state index contributed by atoms with van der Waals surface area (Å²) in [6.07, 6.45) is 0. The van der Waals surface area contributed by atoms with E-state index >= 15 is 0 Å². The summed E-state index contributed by atoms with van der Waals surface area (Å²) < 4.78 is 19.0. The molecule has 0 aliphatic heterocycles. The van der Waals surface area contributed by atoms with E-state index in [0.29, 0.717) is 22.8 Å². The molecule has 0 amide bonds. The highest BCUT2D eigenvalue weighted by Crippen LogP contribution is 2.29. The Morgan fingerprint density at radius 3 is 2.57 bits per heavy atom. The molecule has 0 unspecified atom stereocenters. The number of aromatic amines is 2. The largest absolute Gasteiger partial charge is 0.455 e. The highest BCUT2D eigenvalue weighted by Gasteiger charge is 2.10. The molecule has 0 aliphatic carbocycles. The molecule has 0 fully saturated rings. The molecular weight excluding hydrogens is 315 g/mol. The highest BCUT2D eigenvalue weighted by molar-refractivity contribution is 7.71. The Hall–Kier alpha value is -2.18. The minimum Gasteiger partial charge on any atom is -0.455 e. The normalized spacial score (nSPS) is 10.8. The van der Waals surface area contributed by atoms with Gasteiger partial charge in [0.25, 0.3) is 5.56 Å². The third kappa shape index (κ3) is 2.81. The van der Waals surface area contributed by atoms with E-state index in [-0.39, 0.29) is 15.4 Å². The van der Waals surface area contributed by atoms with E-state index in [1.165, 1.54) is 18.2 Å². The SMILES string of the molecule is O=c1cc(-c2ccc(-c3ccc(F)c(Cl)c3)o2)[nH]c(=S)[nH]1. The number of hydrogen-bond acceptors (Lipinski definition) is 3. The molecule has 0 saturated carbocycles. The first-order valence-electron chi connectivity index (χ1n) is 5.92. The Morgan fingerprint density at radius 1 is 1.10 bits per heavy atom. The van der Waals surface area contributed by atoms with Crippen molar-refractivity contribution in [1.82, 2.24) is 9.97 Å². The van der Waals surface area contributed by atoms with Crippen LogP contribution in [0.15, 0.2) is 45.6 Å². The fourth-order valence-corrected chi connectivity index (χ4v) is 2.28. The molecule has 2 N–H and O–H groups in total. The standard InChI is InChI=1S/C14H8ClFN2O2S/c15-8-5-7(1-2-9(8)16)11-3-4-12(20-11)10-6-13(19)18-14(21)17-10/h1-6H,(H2,17,18,19,21).